The summed E-state index contributed by atoms with van der Waals surface area (Å²) in [7, 11) is 0. The van der Waals surface area contributed by atoms with Gasteiger partial charge in [0.25, 0.3) is 0 Å². The Morgan fingerprint density at radius 3 is 2.70 bits per heavy atom. The van der Waals surface area contributed by atoms with E-state index in [0.717, 1.165) is 12.3 Å². The molecule has 0 saturated carbocycles. The van der Waals surface area contributed by atoms with Gasteiger partial charge >= 0.3 is 12.3 Å². The van der Waals surface area contributed by atoms with E-state index in [2.05, 4.69) is 4.98 Å². The van der Waals surface area contributed by atoms with Crippen LogP contribution in [0, 0.1) is 12.7 Å². The van der Waals surface area contributed by atoms with Gasteiger partial charge in [0.1, 0.15) is 5.82 Å². The SMILES string of the molecule is Cc1c(F)cncc1OC(=O)N1CCN(Cc2cc(Cl)ccc2C(F)(F)F)C[C@H]1C. The first-order chi connectivity index (χ1) is 14.1. The monoisotopic (exact) mass is 445 g/mol. The van der Waals surface area contributed by atoms with Crippen LogP contribution in [0.15, 0.2) is 30.6 Å². The maximum absolute atomic E-state index is 13.6. The summed E-state index contributed by atoms with van der Waals surface area (Å²) >= 11 is 5.89. The Hall–Kier alpha value is -2.39. The minimum absolute atomic E-state index is 0.0309. The van der Waals surface area contributed by atoms with Crippen LogP contribution in [-0.4, -0.2) is 46.6 Å². The largest absolute Gasteiger partial charge is 0.416 e. The minimum atomic E-state index is -4.48. The zero-order valence-corrected chi connectivity index (χ0v) is 17.1. The molecule has 5 nitrogen and oxygen atoms in total. The smallest absolute Gasteiger partial charge is 0.408 e. The molecule has 1 amide bonds. The first-order valence-corrected chi connectivity index (χ1v) is 9.60. The summed E-state index contributed by atoms with van der Waals surface area (Å²) in [4.78, 5) is 19.5. The number of alkyl halides is 3. The highest BCUT2D eigenvalue weighted by atomic mass is 35.5. The van der Waals surface area contributed by atoms with Crippen LogP contribution in [0.25, 0.3) is 0 Å². The van der Waals surface area contributed by atoms with Gasteiger partial charge in [0.2, 0.25) is 0 Å². The van der Waals surface area contributed by atoms with E-state index in [9.17, 15) is 22.4 Å². The van der Waals surface area contributed by atoms with Crippen LogP contribution in [0.3, 0.4) is 0 Å². The van der Waals surface area contributed by atoms with Crippen molar-refractivity contribution in [1.82, 2.24) is 14.8 Å². The van der Waals surface area contributed by atoms with Gasteiger partial charge in [0, 0.05) is 42.8 Å². The standard InChI is InChI=1S/C20H20ClF4N3O2/c1-12-10-27(11-14-7-15(21)3-4-16(14)20(23,24)25)5-6-28(12)19(29)30-18-9-26-8-17(22)13(18)2/h3-4,7-9,12H,5-6,10-11H2,1-2H3/t12-/m1/s1. The van der Waals surface area contributed by atoms with E-state index in [1.807, 2.05) is 4.90 Å². The molecule has 1 aromatic heterocycles. The lowest BCUT2D eigenvalue weighted by Crippen LogP contribution is -2.54. The van der Waals surface area contributed by atoms with Gasteiger partial charge in [-0.05, 0) is 37.6 Å². The number of benzene rings is 1. The average molecular weight is 446 g/mol. The molecule has 0 unspecified atom stereocenters. The quantitative estimate of drug-likeness (QED) is 0.630. The molecule has 0 spiro atoms. The number of hydrogen-bond donors (Lipinski definition) is 0. The zero-order valence-electron chi connectivity index (χ0n) is 16.3. The predicted molar refractivity (Wildman–Crippen MR) is 103 cm³/mol. The molecular weight excluding hydrogens is 426 g/mol. The molecule has 0 radical (unpaired) electrons. The second-order valence-corrected chi connectivity index (χ2v) is 7.63. The molecule has 2 aromatic rings. The second kappa shape index (κ2) is 8.77. The van der Waals surface area contributed by atoms with Crippen molar-refractivity contribution in [3.8, 4) is 5.75 Å². The number of aromatic nitrogens is 1. The van der Waals surface area contributed by atoms with Crippen molar-refractivity contribution in [2.45, 2.75) is 32.6 Å². The Morgan fingerprint density at radius 2 is 2.03 bits per heavy atom. The summed E-state index contributed by atoms with van der Waals surface area (Å²) in [5.41, 5.74) is -0.472. The van der Waals surface area contributed by atoms with Crippen LogP contribution in [0.5, 0.6) is 5.75 Å². The normalized spacial score (nSPS) is 17.8. The molecule has 3 rings (SSSR count). The minimum Gasteiger partial charge on any atom is -0.408 e. The summed E-state index contributed by atoms with van der Waals surface area (Å²) in [5, 5.41) is 0.229. The van der Waals surface area contributed by atoms with Crippen LogP contribution < -0.4 is 4.74 Å². The predicted octanol–water partition coefficient (Wildman–Crippen LogP) is 4.91. The van der Waals surface area contributed by atoms with E-state index in [4.69, 9.17) is 16.3 Å². The topological polar surface area (TPSA) is 45.7 Å². The Bertz CT molecular complexity index is 939. The fraction of sp³-hybridized carbons (Fsp3) is 0.400. The molecular formula is C20H20ClF4N3O2. The summed E-state index contributed by atoms with van der Waals surface area (Å²) < 4.78 is 58.7. The Morgan fingerprint density at radius 1 is 1.30 bits per heavy atom. The summed E-state index contributed by atoms with van der Waals surface area (Å²) in [6, 6.07) is 3.19. The van der Waals surface area contributed by atoms with E-state index in [-0.39, 0.29) is 41.0 Å². The van der Waals surface area contributed by atoms with Crippen molar-refractivity contribution in [2.24, 2.45) is 0 Å². The Labute approximate surface area is 176 Å². The van der Waals surface area contributed by atoms with Gasteiger partial charge in [-0.1, -0.05) is 11.6 Å². The second-order valence-electron chi connectivity index (χ2n) is 7.19. The highest BCUT2D eigenvalue weighted by molar-refractivity contribution is 6.30. The van der Waals surface area contributed by atoms with Crippen molar-refractivity contribution in [2.75, 3.05) is 19.6 Å². The fourth-order valence-electron chi connectivity index (χ4n) is 3.40. The first kappa shape index (κ1) is 22.3. The molecule has 1 atom stereocenters. The molecule has 1 saturated heterocycles. The van der Waals surface area contributed by atoms with Crippen molar-refractivity contribution < 1.29 is 27.1 Å². The maximum Gasteiger partial charge on any atom is 0.416 e. The van der Waals surface area contributed by atoms with Gasteiger partial charge in [-0.3, -0.25) is 9.88 Å². The third-order valence-electron chi connectivity index (χ3n) is 5.02. The third kappa shape index (κ3) is 5.02. The number of pyridine rings is 1. The van der Waals surface area contributed by atoms with Crippen molar-refractivity contribution in [3.05, 3.63) is 58.1 Å². The summed E-state index contributed by atoms with van der Waals surface area (Å²) in [6.45, 7) is 4.25. The lowest BCUT2D eigenvalue weighted by Gasteiger charge is -2.39. The Kier molecular flexibility index (Phi) is 6.52. The van der Waals surface area contributed by atoms with Crippen LogP contribution >= 0.6 is 11.6 Å². The number of ether oxygens (including phenoxy) is 1. The third-order valence-corrected chi connectivity index (χ3v) is 5.25. The first-order valence-electron chi connectivity index (χ1n) is 9.22. The van der Waals surface area contributed by atoms with Gasteiger partial charge in [-0.2, -0.15) is 13.2 Å². The van der Waals surface area contributed by atoms with Gasteiger partial charge in [-0.25, -0.2) is 9.18 Å². The molecule has 30 heavy (non-hydrogen) atoms. The summed E-state index contributed by atoms with van der Waals surface area (Å²) in [6.07, 6.45) is -2.85. The number of nitrogens with zero attached hydrogens (tertiary/aromatic N) is 3. The van der Waals surface area contributed by atoms with Gasteiger partial charge < -0.3 is 9.64 Å². The van der Waals surface area contributed by atoms with E-state index in [1.165, 1.54) is 30.2 Å². The average Bonchev–Trinajstić information content (AvgIpc) is 2.64. The number of piperazine rings is 1. The number of halogens is 5. The van der Waals surface area contributed by atoms with Gasteiger partial charge in [0.15, 0.2) is 5.75 Å². The van der Waals surface area contributed by atoms with E-state index in [0.29, 0.717) is 13.1 Å². The van der Waals surface area contributed by atoms with Gasteiger partial charge in [-0.15, -0.1) is 0 Å². The van der Waals surface area contributed by atoms with Crippen LogP contribution in [0.2, 0.25) is 5.02 Å². The maximum atomic E-state index is 13.6. The number of amides is 1. The van der Waals surface area contributed by atoms with Crippen molar-refractivity contribution in [3.63, 3.8) is 0 Å². The van der Waals surface area contributed by atoms with E-state index < -0.39 is 23.7 Å². The van der Waals surface area contributed by atoms with Crippen LogP contribution in [-0.2, 0) is 12.7 Å². The fourth-order valence-corrected chi connectivity index (χ4v) is 3.59. The highest BCUT2D eigenvalue weighted by Crippen LogP contribution is 2.34. The zero-order chi connectivity index (χ0) is 22.1. The molecule has 162 valence electrons. The molecule has 2 heterocycles. The molecule has 0 bridgehead atoms. The number of rotatable bonds is 3. The molecule has 0 aliphatic carbocycles. The lowest BCUT2D eigenvalue weighted by molar-refractivity contribution is -0.138. The molecule has 1 aliphatic heterocycles. The van der Waals surface area contributed by atoms with E-state index in [1.54, 1.807) is 6.92 Å². The van der Waals surface area contributed by atoms with Crippen molar-refractivity contribution >= 4 is 17.7 Å². The number of carbonyl (C=O) groups excluding carboxylic acids is 1. The van der Waals surface area contributed by atoms with E-state index >= 15 is 0 Å². The molecule has 0 N–H and O–H groups in total. The van der Waals surface area contributed by atoms with Crippen LogP contribution in [0.1, 0.15) is 23.6 Å². The molecule has 1 aromatic carbocycles. The van der Waals surface area contributed by atoms with Gasteiger partial charge in [0.05, 0.1) is 18.0 Å². The van der Waals surface area contributed by atoms with Crippen molar-refractivity contribution in [1.29, 1.82) is 0 Å². The Balaban J connectivity index is 1.67. The highest BCUT2D eigenvalue weighted by Gasteiger charge is 2.35. The molecule has 1 fully saturated rings. The number of hydrogen-bond acceptors (Lipinski definition) is 4. The van der Waals surface area contributed by atoms with Crippen LogP contribution in [0.4, 0.5) is 22.4 Å². The lowest BCUT2D eigenvalue weighted by atomic mass is 10.1. The summed E-state index contributed by atoms with van der Waals surface area (Å²) in [5.74, 6) is -0.552. The molecule has 10 heteroatoms. The number of carbonyl (C=O) groups is 1. The molecule has 1 aliphatic rings.